The summed E-state index contributed by atoms with van der Waals surface area (Å²) in [5, 5.41) is 32.1. The SMILES string of the molecule is CC(C)(CO)c1ccc(C(CCC(O)=C(c2ccccc2)c2ccccc2)N2CCCCC2)cc1O. The largest absolute Gasteiger partial charge is 0.512 e. The second kappa shape index (κ2) is 11.8. The van der Waals surface area contributed by atoms with Gasteiger partial charge < -0.3 is 15.3 Å². The Morgan fingerprint density at radius 3 is 1.97 bits per heavy atom. The summed E-state index contributed by atoms with van der Waals surface area (Å²) in [5.74, 6) is 0.610. The molecule has 0 aromatic heterocycles. The van der Waals surface area contributed by atoms with Crippen LogP contribution in [0.4, 0.5) is 0 Å². The molecule has 1 saturated heterocycles. The van der Waals surface area contributed by atoms with E-state index in [-0.39, 0.29) is 18.4 Å². The highest BCUT2D eigenvalue weighted by atomic mass is 16.3. The van der Waals surface area contributed by atoms with Gasteiger partial charge in [-0.3, -0.25) is 4.90 Å². The molecule has 4 rings (SSSR count). The van der Waals surface area contributed by atoms with E-state index >= 15 is 0 Å². The first-order chi connectivity index (χ1) is 17.4. The molecular formula is C32H39NO3. The van der Waals surface area contributed by atoms with Crippen molar-refractivity contribution in [3.8, 4) is 5.75 Å². The van der Waals surface area contributed by atoms with Crippen LogP contribution in [0.15, 0.2) is 84.6 Å². The molecule has 3 N–H and O–H groups in total. The minimum absolute atomic E-state index is 0.0319. The standard InChI is InChI=1S/C32H39NO3/c1-32(2,23-34)27-17-16-26(22-30(27)36)28(33-20-10-5-11-21-33)18-19-29(35)31(24-12-6-3-7-13-24)25-14-8-4-9-15-25/h3-4,6-9,12-17,22,28,34-36H,5,10-11,18-21,23H2,1-2H3. The number of benzene rings is 3. The third-order valence-electron chi connectivity index (χ3n) is 7.43. The maximum atomic E-state index is 11.4. The lowest BCUT2D eigenvalue weighted by Gasteiger charge is -2.35. The molecule has 1 aliphatic rings. The zero-order valence-corrected chi connectivity index (χ0v) is 21.5. The van der Waals surface area contributed by atoms with Crippen molar-refractivity contribution < 1.29 is 15.3 Å². The van der Waals surface area contributed by atoms with Gasteiger partial charge in [-0.25, -0.2) is 0 Å². The molecule has 36 heavy (non-hydrogen) atoms. The van der Waals surface area contributed by atoms with Gasteiger partial charge in [0, 0.05) is 29.0 Å². The first-order valence-corrected chi connectivity index (χ1v) is 13.1. The maximum absolute atomic E-state index is 11.4. The minimum Gasteiger partial charge on any atom is -0.512 e. The molecule has 0 aliphatic carbocycles. The highest BCUT2D eigenvalue weighted by molar-refractivity contribution is 5.81. The Labute approximate surface area is 215 Å². The van der Waals surface area contributed by atoms with Crippen LogP contribution in [0.3, 0.4) is 0 Å². The van der Waals surface area contributed by atoms with Crippen molar-refractivity contribution in [2.24, 2.45) is 0 Å². The number of aliphatic hydroxyl groups is 2. The fourth-order valence-electron chi connectivity index (χ4n) is 5.31. The molecule has 0 saturated carbocycles. The molecule has 0 spiro atoms. The number of hydrogen-bond donors (Lipinski definition) is 3. The van der Waals surface area contributed by atoms with Crippen LogP contribution in [-0.4, -0.2) is 39.9 Å². The average Bonchev–Trinajstić information content (AvgIpc) is 2.91. The van der Waals surface area contributed by atoms with Gasteiger partial charge in [-0.15, -0.1) is 0 Å². The maximum Gasteiger partial charge on any atom is 0.119 e. The number of allylic oxidation sites excluding steroid dienone is 1. The van der Waals surface area contributed by atoms with Crippen molar-refractivity contribution in [2.75, 3.05) is 19.7 Å². The number of hydrogen-bond acceptors (Lipinski definition) is 4. The van der Waals surface area contributed by atoms with Crippen LogP contribution >= 0.6 is 0 Å². The van der Waals surface area contributed by atoms with Crippen LogP contribution in [0.5, 0.6) is 5.75 Å². The van der Waals surface area contributed by atoms with Gasteiger partial charge in [-0.1, -0.05) is 93.1 Å². The van der Waals surface area contributed by atoms with Crippen molar-refractivity contribution in [2.45, 2.75) is 57.4 Å². The topological polar surface area (TPSA) is 63.9 Å². The molecule has 190 valence electrons. The summed E-state index contributed by atoms with van der Waals surface area (Å²) in [7, 11) is 0. The highest BCUT2D eigenvalue weighted by Gasteiger charge is 2.27. The lowest BCUT2D eigenvalue weighted by Crippen LogP contribution is -2.34. The number of nitrogens with zero attached hydrogens (tertiary/aromatic N) is 1. The second-order valence-electron chi connectivity index (χ2n) is 10.5. The van der Waals surface area contributed by atoms with Crippen LogP contribution in [-0.2, 0) is 5.41 Å². The predicted molar refractivity (Wildman–Crippen MR) is 147 cm³/mol. The quantitative estimate of drug-likeness (QED) is 0.286. The van der Waals surface area contributed by atoms with Gasteiger partial charge in [0.15, 0.2) is 0 Å². The van der Waals surface area contributed by atoms with Crippen LogP contribution in [0.25, 0.3) is 5.57 Å². The number of aliphatic hydroxyl groups excluding tert-OH is 2. The van der Waals surface area contributed by atoms with E-state index in [1.54, 1.807) is 0 Å². The fourth-order valence-corrected chi connectivity index (χ4v) is 5.31. The summed E-state index contributed by atoms with van der Waals surface area (Å²) in [4.78, 5) is 2.49. The molecule has 3 aromatic rings. The molecule has 0 radical (unpaired) electrons. The Balaban J connectivity index is 1.66. The minimum atomic E-state index is -0.509. The summed E-state index contributed by atoms with van der Waals surface area (Å²) < 4.78 is 0. The lowest BCUT2D eigenvalue weighted by molar-refractivity contribution is 0.152. The van der Waals surface area contributed by atoms with Crippen LogP contribution in [0.2, 0.25) is 0 Å². The number of aromatic hydroxyl groups is 1. The van der Waals surface area contributed by atoms with Gasteiger partial charge >= 0.3 is 0 Å². The second-order valence-corrected chi connectivity index (χ2v) is 10.5. The Hall–Kier alpha value is -3.08. The van der Waals surface area contributed by atoms with E-state index in [9.17, 15) is 15.3 Å². The van der Waals surface area contributed by atoms with E-state index in [1.807, 2.05) is 86.6 Å². The van der Waals surface area contributed by atoms with Crippen LogP contribution in [0.1, 0.15) is 74.2 Å². The Kier molecular flexibility index (Phi) is 8.50. The lowest BCUT2D eigenvalue weighted by atomic mass is 9.83. The van der Waals surface area contributed by atoms with Crippen molar-refractivity contribution >= 4 is 5.57 Å². The molecule has 0 bridgehead atoms. The van der Waals surface area contributed by atoms with Gasteiger partial charge in [-0.05, 0) is 55.1 Å². The zero-order valence-electron chi connectivity index (χ0n) is 21.5. The smallest absolute Gasteiger partial charge is 0.119 e. The van der Waals surface area contributed by atoms with Gasteiger partial charge in [-0.2, -0.15) is 0 Å². The number of phenolic OH excluding ortho intramolecular Hbond substituents is 1. The predicted octanol–water partition coefficient (Wildman–Crippen LogP) is 6.99. The summed E-state index contributed by atoms with van der Waals surface area (Å²) in [5.41, 5.74) is 4.18. The molecule has 1 heterocycles. The number of likely N-dealkylation sites (tertiary alicyclic amines) is 1. The first kappa shape index (κ1) is 26.0. The average molecular weight is 486 g/mol. The first-order valence-electron chi connectivity index (χ1n) is 13.1. The molecule has 1 atom stereocenters. The fraction of sp³-hybridized carbons (Fsp3) is 0.375. The van der Waals surface area contributed by atoms with Crippen LogP contribution < -0.4 is 0 Å². The molecule has 0 amide bonds. The number of phenols is 1. The summed E-state index contributed by atoms with van der Waals surface area (Å²) in [6.45, 7) is 5.87. The van der Waals surface area contributed by atoms with Gasteiger partial charge in [0.25, 0.3) is 0 Å². The van der Waals surface area contributed by atoms with E-state index in [1.165, 1.54) is 19.3 Å². The molecule has 1 unspecified atom stereocenters. The van der Waals surface area contributed by atoms with Gasteiger partial charge in [0.05, 0.1) is 6.61 Å². The highest BCUT2D eigenvalue weighted by Crippen LogP contribution is 2.37. The molecular weight excluding hydrogens is 446 g/mol. The van der Waals surface area contributed by atoms with Crippen LogP contribution in [0, 0.1) is 0 Å². The normalized spacial score (nSPS) is 15.4. The van der Waals surface area contributed by atoms with E-state index in [4.69, 9.17) is 0 Å². The van der Waals surface area contributed by atoms with E-state index in [0.717, 1.165) is 47.3 Å². The molecule has 4 heteroatoms. The summed E-state index contributed by atoms with van der Waals surface area (Å²) >= 11 is 0. The van der Waals surface area contributed by atoms with Gasteiger partial charge in [0.1, 0.15) is 11.5 Å². The number of piperidine rings is 1. The van der Waals surface area contributed by atoms with Crippen molar-refractivity contribution in [1.82, 2.24) is 4.90 Å². The zero-order chi connectivity index (χ0) is 25.5. The van der Waals surface area contributed by atoms with Crippen molar-refractivity contribution in [1.29, 1.82) is 0 Å². The Morgan fingerprint density at radius 1 is 0.861 bits per heavy atom. The molecule has 4 nitrogen and oxygen atoms in total. The number of rotatable bonds is 9. The van der Waals surface area contributed by atoms with E-state index < -0.39 is 5.41 Å². The van der Waals surface area contributed by atoms with E-state index in [2.05, 4.69) is 11.0 Å². The van der Waals surface area contributed by atoms with Crippen molar-refractivity contribution in [3.05, 3.63) is 107 Å². The molecule has 1 fully saturated rings. The van der Waals surface area contributed by atoms with Crippen molar-refractivity contribution in [3.63, 3.8) is 0 Å². The van der Waals surface area contributed by atoms with Gasteiger partial charge in [0.2, 0.25) is 0 Å². The summed E-state index contributed by atoms with van der Waals surface area (Å²) in [6, 6.07) is 26.1. The third-order valence-corrected chi connectivity index (χ3v) is 7.43. The Morgan fingerprint density at radius 2 is 1.44 bits per heavy atom. The Bertz CT molecular complexity index is 1110. The molecule has 1 aliphatic heterocycles. The van der Waals surface area contributed by atoms with E-state index in [0.29, 0.717) is 12.2 Å². The monoisotopic (exact) mass is 485 g/mol. The molecule has 3 aromatic carbocycles. The summed E-state index contributed by atoms with van der Waals surface area (Å²) in [6.07, 6.45) is 4.86. The third kappa shape index (κ3) is 6.00.